The average molecular weight is 484 g/mol. The van der Waals surface area contributed by atoms with E-state index in [0.717, 1.165) is 10.5 Å². The summed E-state index contributed by atoms with van der Waals surface area (Å²) in [5, 5.41) is 0. The minimum atomic E-state index is -0.531. The van der Waals surface area contributed by atoms with E-state index in [1.54, 1.807) is 23.1 Å². The van der Waals surface area contributed by atoms with Crippen LogP contribution in [0.5, 0.6) is 0 Å². The van der Waals surface area contributed by atoms with E-state index in [9.17, 15) is 14.4 Å². The van der Waals surface area contributed by atoms with Crippen LogP contribution in [0.2, 0.25) is 0 Å². The van der Waals surface area contributed by atoms with Crippen molar-refractivity contribution < 1.29 is 35.4 Å². The Balaban J connectivity index is 0.000000615. The van der Waals surface area contributed by atoms with Crippen LogP contribution < -0.4 is 0 Å². The number of nitrogens with zero attached hydrogens (tertiary/aromatic N) is 2. The van der Waals surface area contributed by atoms with Crippen molar-refractivity contribution in [2.45, 2.75) is 39.3 Å². The van der Waals surface area contributed by atoms with Crippen molar-refractivity contribution >= 4 is 17.7 Å². The van der Waals surface area contributed by atoms with Gasteiger partial charge in [-0.15, -0.1) is 5.56 Å². The van der Waals surface area contributed by atoms with Gasteiger partial charge in [0.15, 0.2) is 5.91 Å². The van der Waals surface area contributed by atoms with E-state index in [2.05, 4.69) is 6.07 Å². The number of benzene rings is 1. The summed E-state index contributed by atoms with van der Waals surface area (Å²) in [6, 6.07) is 7.76. The third-order valence-electron chi connectivity index (χ3n) is 3.76. The molecular weight excluding hydrogens is 464 g/mol. The van der Waals surface area contributed by atoms with E-state index in [4.69, 9.17) is 0 Å². The minimum Gasteiger partial charge on any atom is -0.335 e. The van der Waals surface area contributed by atoms with Gasteiger partial charge in [0.25, 0.3) is 5.91 Å². The summed E-state index contributed by atoms with van der Waals surface area (Å²) >= 11 is 0. The van der Waals surface area contributed by atoms with E-state index in [0.29, 0.717) is 24.9 Å². The molecule has 23 heavy (non-hydrogen) atoms. The molecule has 0 spiro atoms. The molecule has 122 valence electrons. The number of hydrogen-bond donors (Lipinski definition) is 0. The predicted octanol–water partition coefficient (Wildman–Crippen LogP) is 1.82. The summed E-state index contributed by atoms with van der Waals surface area (Å²) in [5.74, 6) is -0.623. The van der Waals surface area contributed by atoms with Crippen LogP contribution in [0.15, 0.2) is 18.2 Å². The smallest absolute Gasteiger partial charge is 0.335 e. The van der Waals surface area contributed by atoms with Crippen molar-refractivity contribution in [3.63, 3.8) is 0 Å². The number of carbonyl (C=O) groups is 3. The SMILES string of the molecule is CN1C(=O)CCC(N2Cc3[c-]cccc3C2=O)C1=O.C[CH-]C.[W+2]. The second-order valence-corrected chi connectivity index (χ2v) is 5.42. The van der Waals surface area contributed by atoms with Crippen LogP contribution in [0.25, 0.3) is 0 Å². The van der Waals surface area contributed by atoms with E-state index in [-0.39, 0.29) is 38.8 Å². The summed E-state index contributed by atoms with van der Waals surface area (Å²) in [6.07, 6.45) is 2.71. The zero-order valence-corrected chi connectivity index (χ0v) is 16.5. The fourth-order valence-corrected chi connectivity index (χ4v) is 2.64. The van der Waals surface area contributed by atoms with Crippen molar-refractivity contribution in [1.82, 2.24) is 9.80 Å². The molecule has 3 amide bonds. The summed E-state index contributed by atoms with van der Waals surface area (Å²) in [7, 11) is 1.47. The molecule has 1 aromatic carbocycles. The molecule has 6 heteroatoms. The second-order valence-electron chi connectivity index (χ2n) is 5.42. The fraction of sp³-hybridized carbons (Fsp3) is 0.412. The van der Waals surface area contributed by atoms with Crippen molar-refractivity contribution in [3.05, 3.63) is 41.8 Å². The molecule has 2 aliphatic heterocycles. The number of carbonyl (C=O) groups excluding carboxylic acids is 3. The van der Waals surface area contributed by atoms with Gasteiger partial charge in [-0.1, -0.05) is 5.56 Å². The van der Waals surface area contributed by atoms with Gasteiger partial charge in [0.05, 0.1) is 0 Å². The third-order valence-corrected chi connectivity index (χ3v) is 3.76. The van der Waals surface area contributed by atoms with E-state index < -0.39 is 6.04 Å². The van der Waals surface area contributed by atoms with Crippen molar-refractivity contribution in [1.29, 1.82) is 0 Å². The first-order chi connectivity index (χ1) is 10.5. The quantitative estimate of drug-likeness (QED) is 0.452. The van der Waals surface area contributed by atoms with Crippen molar-refractivity contribution in [2.24, 2.45) is 0 Å². The van der Waals surface area contributed by atoms with Gasteiger partial charge in [0, 0.05) is 20.0 Å². The fourth-order valence-electron chi connectivity index (χ4n) is 2.64. The Bertz CT molecular complexity index is 603. The Morgan fingerprint density at radius 3 is 2.52 bits per heavy atom. The molecular formula is C17H20N2O3W. The second kappa shape index (κ2) is 8.39. The zero-order valence-electron chi connectivity index (χ0n) is 13.5. The molecule has 0 aliphatic carbocycles. The molecule has 0 saturated carbocycles. The van der Waals surface area contributed by atoms with Gasteiger partial charge < -0.3 is 11.3 Å². The minimum absolute atomic E-state index is 0. The number of rotatable bonds is 1. The Morgan fingerprint density at radius 2 is 1.91 bits per heavy atom. The topological polar surface area (TPSA) is 57.7 Å². The number of amides is 3. The molecule has 5 nitrogen and oxygen atoms in total. The number of likely N-dealkylation sites (tertiary alicyclic amines) is 1. The Kier molecular flexibility index (Phi) is 7.14. The molecule has 0 bridgehead atoms. The zero-order chi connectivity index (χ0) is 16.3. The first-order valence-corrected chi connectivity index (χ1v) is 7.36. The molecule has 1 aromatic rings. The van der Waals surface area contributed by atoms with Gasteiger partial charge >= 0.3 is 21.1 Å². The van der Waals surface area contributed by atoms with Crippen molar-refractivity contribution in [2.75, 3.05) is 7.05 Å². The monoisotopic (exact) mass is 484 g/mol. The summed E-state index contributed by atoms with van der Waals surface area (Å²) < 4.78 is 0. The maximum absolute atomic E-state index is 12.3. The number of fused-ring (bicyclic) bond motifs is 1. The molecule has 1 fully saturated rings. The van der Waals surface area contributed by atoms with E-state index in [1.165, 1.54) is 7.05 Å². The molecule has 1 unspecified atom stereocenters. The van der Waals surface area contributed by atoms with Crippen LogP contribution >= 0.6 is 0 Å². The molecule has 1 atom stereocenters. The maximum Gasteiger partial charge on any atom is 2.00 e. The van der Waals surface area contributed by atoms with E-state index >= 15 is 0 Å². The van der Waals surface area contributed by atoms with Crippen LogP contribution in [0, 0.1) is 12.5 Å². The number of hydrogen-bond acceptors (Lipinski definition) is 3. The molecule has 0 N–H and O–H groups in total. The van der Waals surface area contributed by atoms with Gasteiger partial charge in [0.1, 0.15) is 6.04 Å². The van der Waals surface area contributed by atoms with Crippen LogP contribution in [0.4, 0.5) is 0 Å². The molecule has 0 radical (unpaired) electrons. The average Bonchev–Trinajstić information content (AvgIpc) is 2.83. The molecule has 3 rings (SSSR count). The van der Waals surface area contributed by atoms with E-state index in [1.807, 2.05) is 20.3 Å². The Hall–Kier alpha value is -1.48. The standard InChI is InChI=1S/C14H13N2O3.C3H7.W/c1-15-12(17)7-6-11(14(15)19)16-8-9-4-2-3-5-10(9)13(16)18;1-3-2;/h2-3,5,11H,6-8H2,1H3;3H,1-2H3;/q2*-1;+2. The van der Waals surface area contributed by atoms with Gasteiger partial charge in [-0.05, 0) is 6.42 Å². The van der Waals surface area contributed by atoms with Gasteiger partial charge in [-0.3, -0.25) is 19.3 Å². The summed E-state index contributed by atoms with van der Waals surface area (Å²) in [4.78, 5) is 38.5. The number of imide groups is 1. The first kappa shape index (κ1) is 19.6. The van der Waals surface area contributed by atoms with Crippen LogP contribution in [-0.4, -0.2) is 40.6 Å². The molecule has 0 aromatic heterocycles. The molecule has 2 heterocycles. The van der Waals surface area contributed by atoms with Gasteiger partial charge in [0.2, 0.25) is 5.91 Å². The van der Waals surface area contributed by atoms with Gasteiger partial charge in [-0.25, -0.2) is 0 Å². The molecule has 2 aliphatic rings. The Morgan fingerprint density at radius 1 is 1.26 bits per heavy atom. The van der Waals surface area contributed by atoms with Crippen LogP contribution in [0.1, 0.15) is 42.6 Å². The van der Waals surface area contributed by atoms with Gasteiger partial charge in [-0.2, -0.15) is 38.1 Å². The molecule has 1 saturated heterocycles. The maximum atomic E-state index is 12.3. The summed E-state index contributed by atoms with van der Waals surface area (Å²) in [6.45, 7) is 4.40. The Labute approximate surface area is 151 Å². The summed E-state index contributed by atoms with van der Waals surface area (Å²) in [5.41, 5.74) is 1.43. The normalized spacial score (nSPS) is 19.8. The largest absolute Gasteiger partial charge is 2.00 e. The third kappa shape index (κ3) is 3.89. The number of likely N-dealkylation sites (N-methyl/N-ethyl adjacent to an activating group) is 1. The van der Waals surface area contributed by atoms with Crippen LogP contribution in [0.3, 0.4) is 0 Å². The van der Waals surface area contributed by atoms with Crippen molar-refractivity contribution in [3.8, 4) is 0 Å². The first-order valence-electron chi connectivity index (χ1n) is 7.36. The number of piperidine rings is 1. The predicted molar refractivity (Wildman–Crippen MR) is 81.6 cm³/mol. The van der Waals surface area contributed by atoms with Crippen LogP contribution in [-0.2, 0) is 37.2 Å².